The first-order valence-electron chi connectivity index (χ1n) is 4.91. The molecule has 90 valence electrons. The molecule has 0 unspecified atom stereocenters. The third-order valence-electron chi connectivity index (χ3n) is 2.40. The van der Waals surface area contributed by atoms with Gasteiger partial charge in [0.2, 0.25) is 0 Å². The highest BCUT2D eigenvalue weighted by atomic mass is 32.2. The minimum Gasteiger partial charge on any atom is -0.493 e. The maximum Gasteiger partial charge on any atom is 0.178 e. The molecular formula is C11H16O4S. The highest BCUT2D eigenvalue weighted by molar-refractivity contribution is 7.91. The van der Waals surface area contributed by atoms with E-state index in [0.717, 1.165) is 0 Å². The summed E-state index contributed by atoms with van der Waals surface area (Å²) in [5.74, 6) is 1.04. The molecule has 0 amide bonds. The molecule has 1 aromatic carbocycles. The Morgan fingerprint density at radius 3 is 2.06 bits per heavy atom. The molecule has 0 fully saturated rings. The number of hydrogen-bond donors (Lipinski definition) is 0. The van der Waals surface area contributed by atoms with Crippen LogP contribution in [0, 0.1) is 6.92 Å². The van der Waals surface area contributed by atoms with Gasteiger partial charge in [0.25, 0.3) is 0 Å². The lowest BCUT2D eigenvalue weighted by molar-refractivity contribution is 0.353. The lowest BCUT2D eigenvalue weighted by Crippen LogP contribution is -2.06. The zero-order valence-electron chi connectivity index (χ0n) is 9.90. The lowest BCUT2D eigenvalue weighted by atomic mass is 10.2. The maximum atomic E-state index is 11.8. The molecule has 0 aliphatic rings. The van der Waals surface area contributed by atoms with Gasteiger partial charge in [-0.2, -0.15) is 0 Å². The van der Waals surface area contributed by atoms with Crippen LogP contribution in [-0.2, 0) is 9.84 Å². The smallest absolute Gasteiger partial charge is 0.178 e. The molecule has 0 saturated carbocycles. The summed E-state index contributed by atoms with van der Waals surface area (Å²) in [6.07, 6.45) is 0. The highest BCUT2D eigenvalue weighted by Gasteiger charge is 2.18. The Labute approximate surface area is 96.1 Å². The second-order valence-corrected chi connectivity index (χ2v) is 5.62. The van der Waals surface area contributed by atoms with Crippen LogP contribution in [0.4, 0.5) is 0 Å². The molecule has 5 heteroatoms. The van der Waals surface area contributed by atoms with Crippen molar-refractivity contribution in [2.75, 3.05) is 20.0 Å². The van der Waals surface area contributed by atoms with Crippen molar-refractivity contribution in [3.05, 3.63) is 17.7 Å². The van der Waals surface area contributed by atoms with Crippen molar-refractivity contribution in [1.82, 2.24) is 0 Å². The molecule has 1 rings (SSSR count). The normalized spacial score (nSPS) is 11.2. The molecule has 1 aromatic rings. The van der Waals surface area contributed by atoms with Gasteiger partial charge < -0.3 is 9.47 Å². The zero-order valence-corrected chi connectivity index (χ0v) is 10.7. The SMILES string of the molecule is CCS(=O)(=O)c1cc(OC)c(OC)cc1C. The van der Waals surface area contributed by atoms with Crippen LogP contribution in [0.2, 0.25) is 0 Å². The quantitative estimate of drug-likeness (QED) is 0.810. The average molecular weight is 244 g/mol. The molecule has 0 aromatic heterocycles. The fourth-order valence-corrected chi connectivity index (χ4v) is 2.60. The van der Waals surface area contributed by atoms with E-state index < -0.39 is 9.84 Å². The Balaban J connectivity index is 3.44. The molecule has 16 heavy (non-hydrogen) atoms. The van der Waals surface area contributed by atoms with Crippen LogP contribution in [0.1, 0.15) is 12.5 Å². The molecule has 0 spiro atoms. The van der Waals surface area contributed by atoms with E-state index in [1.807, 2.05) is 0 Å². The second kappa shape index (κ2) is 4.74. The van der Waals surface area contributed by atoms with Crippen LogP contribution in [0.3, 0.4) is 0 Å². The molecule has 0 heterocycles. The number of benzene rings is 1. The predicted octanol–water partition coefficient (Wildman–Crippen LogP) is 1.81. The number of rotatable bonds is 4. The van der Waals surface area contributed by atoms with Gasteiger partial charge in [-0.25, -0.2) is 8.42 Å². The van der Waals surface area contributed by atoms with E-state index in [4.69, 9.17) is 9.47 Å². The maximum absolute atomic E-state index is 11.8. The Morgan fingerprint density at radius 1 is 1.12 bits per heavy atom. The third-order valence-corrected chi connectivity index (χ3v) is 4.27. The van der Waals surface area contributed by atoms with Gasteiger partial charge in [-0.3, -0.25) is 0 Å². The third kappa shape index (κ3) is 2.29. The minimum absolute atomic E-state index is 0.0727. The van der Waals surface area contributed by atoms with Crippen molar-refractivity contribution in [3.8, 4) is 11.5 Å². The summed E-state index contributed by atoms with van der Waals surface area (Å²) in [7, 11) is -0.221. The summed E-state index contributed by atoms with van der Waals surface area (Å²) in [4.78, 5) is 0.299. The van der Waals surface area contributed by atoms with Crippen molar-refractivity contribution in [3.63, 3.8) is 0 Å². The monoisotopic (exact) mass is 244 g/mol. The van der Waals surface area contributed by atoms with Gasteiger partial charge in [-0.15, -0.1) is 0 Å². The summed E-state index contributed by atoms with van der Waals surface area (Å²) >= 11 is 0. The summed E-state index contributed by atoms with van der Waals surface area (Å²) in [6, 6.07) is 3.17. The molecule has 0 bridgehead atoms. The molecule has 0 atom stereocenters. The van der Waals surface area contributed by atoms with Gasteiger partial charge in [0.15, 0.2) is 21.3 Å². The molecule has 0 saturated heterocycles. The standard InChI is InChI=1S/C11H16O4S/c1-5-16(12,13)11-7-10(15-4)9(14-3)6-8(11)2/h6-7H,5H2,1-4H3. The van der Waals surface area contributed by atoms with Gasteiger partial charge in [0.05, 0.1) is 24.9 Å². The topological polar surface area (TPSA) is 52.6 Å². The number of sulfone groups is 1. The lowest BCUT2D eigenvalue weighted by Gasteiger charge is -2.12. The van der Waals surface area contributed by atoms with Gasteiger partial charge >= 0.3 is 0 Å². The van der Waals surface area contributed by atoms with Gasteiger partial charge in [0.1, 0.15) is 0 Å². The Morgan fingerprint density at radius 2 is 1.62 bits per heavy atom. The molecule has 0 aliphatic carbocycles. The van der Waals surface area contributed by atoms with Gasteiger partial charge in [0, 0.05) is 6.07 Å². The summed E-state index contributed by atoms with van der Waals surface area (Å²) in [5.41, 5.74) is 0.666. The van der Waals surface area contributed by atoms with Gasteiger partial charge in [-0.05, 0) is 18.6 Å². The summed E-state index contributed by atoms with van der Waals surface area (Å²) in [5, 5.41) is 0. The molecule has 0 aliphatic heterocycles. The largest absolute Gasteiger partial charge is 0.493 e. The van der Waals surface area contributed by atoms with E-state index in [1.165, 1.54) is 20.3 Å². The minimum atomic E-state index is -3.22. The number of ether oxygens (including phenoxy) is 2. The molecular weight excluding hydrogens is 228 g/mol. The fourth-order valence-electron chi connectivity index (χ4n) is 1.45. The highest BCUT2D eigenvalue weighted by Crippen LogP contribution is 2.32. The van der Waals surface area contributed by atoms with E-state index in [2.05, 4.69) is 0 Å². The molecule has 0 radical (unpaired) electrons. The predicted molar refractivity (Wildman–Crippen MR) is 62.0 cm³/mol. The van der Waals surface area contributed by atoms with Gasteiger partial charge in [-0.1, -0.05) is 6.92 Å². The molecule has 0 N–H and O–H groups in total. The first-order chi connectivity index (χ1) is 7.46. The molecule has 4 nitrogen and oxygen atoms in total. The van der Waals surface area contributed by atoms with Crippen molar-refractivity contribution in [2.24, 2.45) is 0 Å². The zero-order chi connectivity index (χ0) is 12.3. The van der Waals surface area contributed by atoms with E-state index in [1.54, 1.807) is 19.9 Å². The van der Waals surface area contributed by atoms with E-state index >= 15 is 0 Å². The van der Waals surface area contributed by atoms with Crippen molar-refractivity contribution >= 4 is 9.84 Å². The average Bonchev–Trinajstić information content (AvgIpc) is 2.28. The van der Waals surface area contributed by atoms with E-state index in [-0.39, 0.29) is 5.75 Å². The van der Waals surface area contributed by atoms with Crippen molar-refractivity contribution in [2.45, 2.75) is 18.7 Å². The van der Waals surface area contributed by atoms with Crippen LogP contribution < -0.4 is 9.47 Å². The fraction of sp³-hybridized carbons (Fsp3) is 0.455. The summed E-state index contributed by atoms with van der Waals surface area (Å²) < 4.78 is 33.8. The Hall–Kier alpha value is -1.23. The number of hydrogen-bond acceptors (Lipinski definition) is 4. The van der Waals surface area contributed by atoms with Crippen molar-refractivity contribution in [1.29, 1.82) is 0 Å². The Bertz CT molecular complexity index is 477. The van der Waals surface area contributed by atoms with Crippen LogP contribution >= 0.6 is 0 Å². The van der Waals surface area contributed by atoms with E-state index in [9.17, 15) is 8.42 Å². The van der Waals surface area contributed by atoms with E-state index in [0.29, 0.717) is 22.0 Å². The number of methoxy groups -OCH3 is 2. The second-order valence-electron chi connectivity index (χ2n) is 3.38. The first kappa shape index (κ1) is 12.8. The first-order valence-corrected chi connectivity index (χ1v) is 6.56. The van der Waals surface area contributed by atoms with Crippen LogP contribution in [0.15, 0.2) is 17.0 Å². The summed E-state index contributed by atoms with van der Waals surface area (Å²) in [6.45, 7) is 3.36. The number of aryl methyl sites for hydroxylation is 1. The Kier molecular flexibility index (Phi) is 3.80. The van der Waals surface area contributed by atoms with Crippen LogP contribution in [0.5, 0.6) is 11.5 Å². The van der Waals surface area contributed by atoms with Crippen molar-refractivity contribution < 1.29 is 17.9 Å². The van der Waals surface area contributed by atoms with Crippen LogP contribution in [-0.4, -0.2) is 28.4 Å². The van der Waals surface area contributed by atoms with Crippen LogP contribution in [0.25, 0.3) is 0 Å².